The minimum Gasteiger partial charge on any atom is -0.339 e. The van der Waals surface area contributed by atoms with Gasteiger partial charge in [0.05, 0.1) is 0 Å². The van der Waals surface area contributed by atoms with Crippen molar-refractivity contribution in [2.45, 2.75) is 69.5 Å². The average molecular weight is 546 g/mol. The first-order chi connectivity index (χ1) is 19.1. The Morgan fingerprint density at radius 1 is 0.923 bits per heavy atom. The number of piperazine rings is 1. The van der Waals surface area contributed by atoms with Gasteiger partial charge in [-0.15, -0.1) is 10.2 Å². The summed E-state index contributed by atoms with van der Waals surface area (Å²) in [7, 11) is 0. The second-order valence-electron chi connectivity index (χ2n) is 10.7. The number of thioether (sulfide) groups is 1. The predicted molar refractivity (Wildman–Crippen MR) is 155 cm³/mol. The molecular weight excluding hydrogens is 506 g/mol. The van der Waals surface area contributed by atoms with Crippen LogP contribution in [0.1, 0.15) is 63.3 Å². The highest BCUT2D eigenvalue weighted by Crippen LogP contribution is 2.28. The van der Waals surface area contributed by atoms with Gasteiger partial charge in [-0.3, -0.25) is 14.2 Å². The molecule has 0 radical (unpaired) electrons. The van der Waals surface area contributed by atoms with Crippen molar-refractivity contribution < 1.29 is 9.59 Å². The van der Waals surface area contributed by atoms with Crippen LogP contribution < -0.4 is 0 Å². The lowest BCUT2D eigenvalue weighted by Gasteiger charge is -2.41. The summed E-state index contributed by atoms with van der Waals surface area (Å²) < 4.78 is 2.13. The molecule has 1 atom stereocenters. The van der Waals surface area contributed by atoms with Gasteiger partial charge >= 0.3 is 0 Å². The molecule has 2 aromatic carbocycles. The summed E-state index contributed by atoms with van der Waals surface area (Å²) >= 11 is 1.65. The molecule has 0 bridgehead atoms. The molecule has 2 fully saturated rings. The van der Waals surface area contributed by atoms with Crippen LogP contribution in [0.2, 0.25) is 0 Å². The van der Waals surface area contributed by atoms with Crippen LogP contribution in [-0.4, -0.2) is 67.8 Å². The Hall–Kier alpha value is -3.13. The Balaban J connectivity index is 1.13. The maximum Gasteiger partial charge on any atom is 0.226 e. The summed E-state index contributed by atoms with van der Waals surface area (Å²) in [6.07, 6.45) is 7.60. The smallest absolute Gasteiger partial charge is 0.226 e. The van der Waals surface area contributed by atoms with E-state index in [0.29, 0.717) is 38.4 Å². The van der Waals surface area contributed by atoms with Gasteiger partial charge in [0.2, 0.25) is 11.8 Å². The van der Waals surface area contributed by atoms with E-state index in [1.807, 2.05) is 46.2 Å². The average Bonchev–Trinajstić information content (AvgIpc) is 3.38. The zero-order valence-electron chi connectivity index (χ0n) is 22.9. The van der Waals surface area contributed by atoms with Crippen molar-refractivity contribution in [2.75, 3.05) is 25.4 Å². The lowest BCUT2D eigenvalue weighted by Crippen LogP contribution is -2.56. The normalized spacial score (nSPS) is 18.3. The Morgan fingerprint density at radius 2 is 1.64 bits per heavy atom. The SMILES string of the molecule is CC1CN(C(=O)CCCSc2nnc(Cc3ccccc3)n2-c2ccccc2)CCN1C(=O)C1CCCCC1. The van der Waals surface area contributed by atoms with Gasteiger partial charge in [0.1, 0.15) is 5.82 Å². The molecule has 1 aliphatic heterocycles. The number of hydrogen-bond acceptors (Lipinski definition) is 5. The number of nitrogens with zero attached hydrogens (tertiary/aromatic N) is 5. The monoisotopic (exact) mass is 545 g/mol. The molecule has 8 heteroatoms. The van der Waals surface area contributed by atoms with Crippen molar-refractivity contribution in [3.8, 4) is 5.69 Å². The van der Waals surface area contributed by atoms with Crippen LogP contribution in [0.15, 0.2) is 65.8 Å². The molecule has 2 aliphatic rings. The van der Waals surface area contributed by atoms with Gasteiger partial charge in [0, 0.05) is 55.9 Å². The van der Waals surface area contributed by atoms with Crippen molar-refractivity contribution in [3.05, 3.63) is 72.1 Å². The molecule has 0 N–H and O–H groups in total. The van der Waals surface area contributed by atoms with E-state index < -0.39 is 0 Å². The number of carbonyl (C=O) groups excluding carboxylic acids is 2. The number of amides is 2. The molecule has 206 valence electrons. The van der Waals surface area contributed by atoms with Gasteiger partial charge < -0.3 is 9.80 Å². The molecule has 1 aliphatic carbocycles. The van der Waals surface area contributed by atoms with Crippen LogP contribution in [0.4, 0.5) is 0 Å². The Bertz CT molecular complexity index is 1230. The maximum absolute atomic E-state index is 13.0. The van der Waals surface area contributed by atoms with Crippen LogP contribution in [0, 0.1) is 5.92 Å². The number of carbonyl (C=O) groups is 2. The number of aromatic nitrogens is 3. The molecule has 2 amide bonds. The molecule has 1 aromatic heterocycles. The molecule has 1 unspecified atom stereocenters. The van der Waals surface area contributed by atoms with E-state index in [2.05, 4.69) is 46.0 Å². The Labute approximate surface area is 236 Å². The summed E-state index contributed by atoms with van der Waals surface area (Å²) in [5, 5.41) is 9.88. The van der Waals surface area contributed by atoms with E-state index in [-0.39, 0.29) is 17.9 Å². The van der Waals surface area contributed by atoms with E-state index in [4.69, 9.17) is 0 Å². The fourth-order valence-electron chi connectivity index (χ4n) is 5.76. The third-order valence-corrected chi connectivity index (χ3v) is 8.92. The van der Waals surface area contributed by atoms with Crippen molar-refractivity contribution >= 4 is 23.6 Å². The van der Waals surface area contributed by atoms with E-state index >= 15 is 0 Å². The largest absolute Gasteiger partial charge is 0.339 e. The lowest BCUT2D eigenvalue weighted by molar-refractivity contribution is -0.146. The first-order valence-electron chi connectivity index (χ1n) is 14.3. The molecule has 1 saturated heterocycles. The number of benzene rings is 2. The summed E-state index contributed by atoms with van der Waals surface area (Å²) in [4.78, 5) is 30.0. The van der Waals surface area contributed by atoms with Crippen molar-refractivity contribution in [2.24, 2.45) is 5.92 Å². The molecule has 7 nitrogen and oxygen atoms in total. The third-order valence-electron chi connectivity index (χ3n) is 7.90. The molecule has 1 saturated carbocycles. The van der Waals surface area contributed by atoms with Crippen molar-refractivity contribution in [1.29, 1.82) is 0 Å². The number of rotatable bonds is 9. The highest BCUT2D eigenvalue weighted by molar-refractivity contribution is 7.99. The standard InChI is InChI=1S/C31H39N5O2S/c1-24-23-34(19-20-35(24)30(38)26-14-7-3-8-15-26)29(37)18-11-21-39-31-33-32-28(22-25-12-5-2-6-13-25)36(31)27-16-9-4-10-17-27/h2,4-6,9-10,12-13,16-17,24,26H,3,7-8,11,14-15,18-23H2,1H3. The van der Waals surface area contributed by atoms with Crippen LogP contribution in [0.25, 0.3) is 5.69 Å². The fourth-order valence-corrected chi connectivity index (χ4v) is 6.67. The van der Waals surface area contributed by atoms with Gasteiger partial charge in [-0.1, -0.05) is 79.6 Å². The first-order valence-corrected chi connectivity index (χ1v) is 15.3. The minimum atomic E-state index is 0.0824. The summed E-state index contributed by atoms with van der Waals surface area (Å²) in [5.74, 6) is 2.37. The predicted octanol–water partition coefficient (Wildman–Crippen LogP) is 5.37. The molecule has 5 rings (SSSR count). The quantitative estimate of drug-likeness (QED) is 0.267. The lowest BCUT2D eigenvalue weighted by atomic mass is 9.88. The van der Waals surface area contributed by atoms with Gasteiger partial charge in [0.15, 0.2) is 5.16 Å². The van der Waals surface area contributed by atoms with Crippen LogP contribution in [0.3, 0.4) is 0 Å². The minimum absolute atomic E-state index is 0.0824. The highest BCUT2D eigenvalue weighted by atomic mass is 32.2. The van der Waals surface area contributed by atoms with Crippen LogP contribution in [0.5, 0.6) is 0 Å². The Morgan fingerprint density at radius 3 is 2.36 bits per heavy atom. The zero-order valence-corrected chi connectivity index (χ0v) is 23.7. The second kappa shape index (κ2) is 13.3. The van der Waals surface area contributed by atoms with Gasteiger partial charge in [-0.25, -0.2) is 0 Å². The Kier molecular flexibility index (Phi) is 9.35. The van der Waals surface area contributed by atoms with Gasteiger partial charge in [0.25, 0.3) is 0 Å². The molecule has 3 aromatic rings. The molecule has 2 heterocycles. The van der Waals surface area contributed by atoms with Crippen LogP contribution >= 0.6 is 11.8 Å². The number of para-hydroxylation sites is 1. The van der Waals surface area contributed by atoms with E-state index in [0.717, 1.165) is 54.5 Å². The molecular formula is C31H39N5O2S. The fraction of sp³-hybridized carbons (Fsp3) is 0.484. The molecule has 39 heavy (non-hydrogen) atoms. The summed E-state index contributed by atoms with van der Waals surface area (Å²) in [5.41, 5.74) is 2.24. The first kappa shape index (κ1) is 27.4. The zero-order chi connectivity index (χ0) is 27.0. The van der Waals surface area contributed by atoms with E-state index in [1.54, 1.807) is 11.8 Å². The van der Waals surface area contributed by atoms with Crippen molar-refractivity contribution in [3.63, 3.8) is 0 Å². The molecule has 0 spiro atoms. The van der Waals surface area contributed by atoms with E-state index in [1.165, 1.54) is 12.0 Å². The van der Waals surface area contributed by atoms with Crippen molar-refractivity contribution in [1.82, 2.24) is 24.6 Å². The summed E-state index contributed by atoms with van der Waals surface area (Å²) in [6.45, 7) is 4.01. The maximum atomic E-state index is 13.0. The number of hydrogen-bond donors (Lipinski definition) is 0. The van der Waals surface area contributed by atoms with E-state index in [9.17, 15) is 9.59 Å². The second-order valence-corrected chi connectivity index (χ2v) is 11.8. The van der Waals surface area contributed by atoms with Gasteiger partial charge in [-0.05, 0) is 43.9 Å². The third kappa shape index (κ3) is 6.90. The summed E-state index contributed by atoms with van der Waals surface area (Å²) in [6, 6.07) is 20.6. The topological polar surface area (TPSA) is 71.3 Å². The van der Waals surface area contributed by atoms with Gasteiger partial charge in [-0.2, -0.15) is 0 Å². The van der Waals surface area contributed by atoms with Crippen LogP contribution in [-0.2, 0) is 16.0 Å². The highest BCUT2D eigenvalue weighted by Gasteiger charge is 2.33.